The van der Waals surface area contributed by atoms with Gasteiger partial charge in [-0.05, 0) is 37.6 Å². The Hall–Kier alpha value is -2.06. The third-order valence-electron chi connectivity index (χ3n) is 3.65. The van der Waals surface area contributed by atoms with Gasteiger partial charge in [-0.1, -0.05) is 0 Å². The van der Waals surface area contributed by atoms with E-state index in [1.54, 1.807) is 0 Å². The molecule has 6 nitrogen and oxygen atoms in total. The first-order chi connectivity index (χ1) is 10.9. The molecule has 1 amide bonds. The van der Waals surface area contributed by atoms with Crippen molar-refractivity contribution < 1.29 is 22.3 Å². The van der Waals surface area contributed by atoms with Crippen LogP contribution in [0.5, 0.6) is 0 Å². The predicted molar refractivity (Wildman–Crippen MR) is 80.6 cm³/mol. The molecule has 2 unspecified atom stereocenters. The van der Waals surface area contributed by atoms with Crippen LogP contribution >= 0.6 is 0 Å². The number of halogens is 1. The van der Waals surface area contributed by atoms with Gasteiger partial charge in [0.05, 0.1) is 16.9 Å². The Morgan fingerprint density at radius 2 is 2.22 bits per heavy atom. The molecule has 8 heteroatoms. The number of fused-ring (bicyclic) bond motifs is 1. The molecule has 2 aromatic rings. The molecule has 1 fully saturated rings. The first kappa shape index (κ1) is 15.8. The molecule has 2 atom stereocenters. The number of hydrogen-bond acceptors (Lipinski definition) is 5. The van der Waals surface area contributed by atoms with E-state index in [0.29, 0.717) is 13.0 Å². The molecule has 1 aromatic heterocycles. The summed E-state index contributed by atoms with van der Waals surface area (Å²) >= 11 is 0. The number of pyridine rings is 1. The molecule has 122 valence electrons. The van der Waals surface area contributed by atoms with Crippen molar-refractivity contribution in [1.82, 2.24) is 9.71 Å². The number of sulfonamides is 1. The van der Waals surface area contributed by atoms with Crippen LogP contribution in [0, 0.1) is 11.7 Å². The number of rotatable bonds is 5. The van der Waals surface area contributed by atoms with E-state index in [4.69, 9.17) is 4.74 Å². The normalized spacial score (nSPS) is 20.4. The SMILES string of the molecule is CCOC1CC1C(=O)NS(=O)(=O)c1ccc(F)c2ncccc12. The van der Waals surface area contributed by atoms with Crippen molar-refractivity contribution in [2.75, 3.05) is 6.61 Å². The minimum absolute atomic E-state index is 0.0542. The van der Waals surface area contributed by atoms with Crippen molar-refractivity contribution in [3.8, 4) is 0 Å². The summed E-state index contributed by atoms with van der Waals surface area (Å²) in [6, 6.07) is 5.11. The van der Waals surface area contributed by atoms with E-state index in [0.717, 1.165) is 12.1 Å². The molecular formula is C15H15FN2O4S. The molecule has 1 aliphatic rings. The summed E-state index contributed by atoms with van der Waals surface area (Å²) in [5, 5.41) is 0.130. The maximum atomic E-state index is 13.7. The Labute approximate surface area is 132 Å². The van der Waals surface area contributed by atoms with Crippen LogP contribution in [0.15, 0.2) is 35.4 Å². The van der Waals surface area contributed by atoms with Gasteiger partial charge < -0.3 is 4.74 Å². The van der Waals surface area contributed by atoms with Gasteiger partial charge in [0.2, 0.25) is 5.91 Å². The number of hydrogen-bond donors (Lipinski definition) is 1. The van der Waals surface area contributed by atoms with Crippen LogP contribution in [0.25, 0.3) is 10.9 Å². The van der Waals surface area contributed by atoms with Crippen LogP contribution in [-0.2, 0) is 19.6 Å². The van der Waals surface area contributed by atoms with Crippen molar-refractivity contribution in [3.63, 3.8) is 0 Å². The van der Waals surface area contributed by atoms with Gasteiger partial charge in [-0.3, -0.25) is 9.78 Å². The van der Waals surface area contributed by atoms with Crippen molar-refractivity contribution in [2.24, 2.45) is 5.92 Å². The zero-order chi connectivity index (χ0) is 16.6. The Morgan fingerprint density at radius 3 is 2.96 bits per heavy atom. The highest BCUT2D eigenvalue weighted by atomic mass is 32.2. The standard InChI is InChI=1S/C15H15FN2O4S/c1-2-22-12-8-10(12)15(19)18-23(20,21)13-6-5-11(16)14-9(13)4-3-7-17-14/h3-7,10,12H,2,8H2,1H3,(H,18,19). The van der Waals surface area contributed by atoms with Crippen LogP contribution in [0.3, 0.4) is 0 Å². The van der Waals surface area contributed by atoms with Gasteiger partial charge in [0.25, 0.3) is 10.0 Å². The molecule has 1 N–H and O–H groups in total. The second-order valence-corrected chi connectivity index (χ2v) is 6.90. The van der Waals surface area contributed by atoms with Gasteiger partial charge in [0.15, 0.2) is 0 Å². The molecule has 0 aliphatic heterocycles. The molecule has 1 saturated carbocycles. The Balaban J connectivity index is 1.89. The van der Waals surface area contributed by atoms with Crippen molar-refractivity contribution in [2.45, 2.75) is 24.3 Å². The zero-order valence-electron chi connectivity index (χ0n) is 12.3. The van der Waals surface area contributed by atoms with Crippen molar-refractivity contribution >= 4 is 26.8 Å². The molecule has 1 aromatic carbocycles. The number of nitrogens with one attached hydrogen (secondary N) is 1. The minimum Gasteiger partial charge on any atom is -0.378 e. The fourth-order valence-electron chi connectivity index (χ4n) is 2.46. The number of carbonyl (C=O) groups is 1. The van der Waals surface area contributed by atoms with E-state index < -0.39 is 27.7 Å². The smallest absolute Gasteiger partial charge is 0.264 e. The third-order valence-corrected chi connectivity index (χ3v) is 5.06. The average Bonchev–Trinajstić information content (AvgIpc) is 3.27. The largest absolute Gasteiger partial charge is 0.378 e. The Bertz CT molecular complexity index is 869. The van der Waals surface area contributed by atoms with Gasteiger partial charge in [-0.15, -0.1) is 0 Å². The van der Waals surface area contributed by atoms with Gasteiger partial charge in [0.1, 0.15) is 11.3 Å². The quantitative estimate of drug-likeness (QED) is 0.895. The summed E-state index contributed by atoms with van der Waals surface area (Å²) in [6.07, 6.45) is 1.64. The lowest BCUT2D eigenvalue weighted by Gasteiger charge is -2.09. The molecular weight excluding hydrogens is 323 g/mol. The first-order valence-electron chi connectivity index (χ1n) is 7.15. The monoisotopic (exact) mass is 338 g/mol. The highest BCUT2D eigenvalue weighted by Crippen LogP contribution is 2.34. The predicted octanol–water partition coefficient (Wildman–Crippen LogP) is 1.60. The fraction of sp³-hybridized carbons (Fsp3) is 0.333. The molecule has 1 heterocycles. The number of carbonyl (C=O) groups excluding carboxylic acids is 1. The highest BCUT2D eigenvalue weighted by molar-refractivity contribution is 7.90. The number of nitrogens with zero attached hydrogens (tertiary/aromatic N) is 1. The van der Waals surface area contributed by atoms with Crippen LogP contribution < -0.4 is 4.72 Å². The average molecular weight is 338 g/mol. The summed E-state index contributed by atoms with van der Waals surface area (Å²) in [5.74, 6) is -1.69. The summed E-state index contributed by atoms with van der Waals surface area (Å²) in [5.41, 5.74) is -0.0542. The second kappa shape index (κ2) is 5.86. The van der Waals surface area contributed by atoms with Crippen LogP contribution in [0.4, 0.5) is 4.39 Å². The molecule has 0 radical (unpaired) electrons. The molecule has 0 saturated heterocycles. The van der Waals surface area contributed by atoms with Crippen molar-refractivity contribution in [1.29, 1.82) is 0 Å². The molecule has 3 rings (SSSR count). The van der Waals surface area contributed by atoms with E-state index in [1.165, 1.54) is 18.3 Å². The maximum absolute atomic E-state index is 13.7. The van der Waals surface area contributed by atoms with Crippen LogP contribution in [0.1, 0.15) is 13.3 Å². The lowest BCUT2D eigenvalue weighted by atomic mass is 10.2. The van der Waals surface area contributed by atoms with Gasteiger partial charge >= 0.3 is 0 Å². The topological polar surface area (TPSA) is 85.4 Å². The second-order valence-electron chi connectivity index (χ2n) is 5.25. The minimum atomic E-state index is -4.11. The summed E-state index contributed by atoms with van der Waals surface area (Å²) in [7, 11) is -4.11. The Kier molecular flexibility index (Phi) is 4.03. The third kappa shape index (κ3) is 3.04. The lowest BCUT2D eigenvalue weighted by molar-refractivity contribution is -0.121. The lowest BCUT2D eigenvalue weighted by Crippen LogP contribution is -2.33. The number of aromatic nitrogens is 1. The van der Waals surface area contributed by atoms with E-state index >= 15 is 0 Å². The summed E-state index contributed by atoms with van der Waals surface area (Å²) in [6.45, 7) is 2.27. The van der Waals surface area contributed by atoms with E-state index in [1.807, 2.05) is 11.6 Å². The maximum Gasteiger partial charge on any atom is 0.264 e. The molecule has 0 bridgehead atoms. The van der Waals surface area contributed by atoms with Gasteiger partial charge in [-0.2, -0.15) is 0 Å². The molecule has 23 heavy (non-hydrogen) atoms. The highest BCUT2D eigenvalue weighted by Gasteiger charge is 2.45. The summed E-state index contributed by atoms with van der Waals surface area (Å²) < 4.78 is 45.9. The Morgan fingerprint density at radius 1 is 1.43 bits per heavy atom. The zero-order valence-corrected chi connectivity index (χ0v) is 13.1. The van der Waals surface area contributed by atoms with E-state index in [9.17, 15) is 17.6 Å². The summed E-state index contributed by atoms with van der Waals surface area (Å²) in [4.78, 5) is 15.7. The van der Waals surface area contributed by atoms with Gasteiger partial charge in [-0.25, -0.2) is 17.5 Å². The first-order valence-corrected chi connectivity index (χ1v) is 8.64. The number of benzene rings is 1. The number of amides is 1. The fourth-order valence-corrected chi connectivity index (χ4v) is 3.68. The number of ether oxygens (including phenoxy) is 1. The van der Waals surface area contributed by atoms with Crippen LogP contribution in [0.2, 0.25) is 0 Å². The van der Waals surface area contributed by atoms with Crippen molar-refractivity contribution in [3.05, 3.63) is 36.3 Å². The molecule has 1 aliphatic carbocycles. The van der Waals surface area contributed by atoms with Crippen LogP contribution in [-0.4, -0.2) is 32.0 Å². The van der Waals surface area contributed by atoms with Gasteiger partial charge in [0, 0.05) is 18.2 Å². The van der Waals surface area contributed by atoms with E-state index in [2.05, 4.69) is 4.98 Å². The molecule has 0 spiro atoms. The van der Waals surface area contributed by atoms with E-state index in [-0.39, 0.29) is 21.9 Å².